The summed E-state index contributed by atoms with van der Waals surface area (Å²) in [4.78, 5) is 33.0. The molecule has 126 valence electrons. The predicted molar refractivity (Wildman–Crippen MR) is 87.0 cm³/mol. The minimum absolute atomic E-state index is 0.0400. The highest BCUT2D eigenvalue weighted by Gasteiger charge is 2.44. The number of ether oxygens (including phenoxy) is 1. The molecule has 3 rings (SSSR count). The smallest absolute Gasteiger partial charge is 0.248 e. The first-order valence-electron chi connectivity index (χ1n) is 8.17. The molecule has 0 saturated carbocycles. The number of thiazole rings is 1. The third-order valence-corrected chi connectivity index (χ3v) is 5.46. The van der Waals surface area contributed by atoms with E-state index in [2.05, 4.69) is 4.98 Å². The number of rotatable bonds is 5. The average molecular weight is 337 g/mol. The number of amides is 2. The molecule has 0 N–H and O–H groups in total. The van der Waals surface area contributed by atoms with E-state index in [1.807, 2.05) is 29.0 Å². The van der Waals surface area contributed by atoms with Crippen molar-refractivity contribution in [3.05, 3.63) is 16.1 Å². The minimum atomic E-state index is 0.0400. The van der Waals surface area contributed by atoms with Gasteiger partial charge in [0.15, 0.2) is 0 Å². The Labute approximate surface area is 140 Å². The summed E-state index contributed by atoms with van der Waals surface area (Å²) in [6, 6.07) is 0.240. The molecule has 0 bridgehead atoms. The van der Waals surface area contributed by atoms with Crippen LogP contribution >= 0.6 is 11.3 Å². The van der Waals surface area contributed by atoms with E-state index in [0.29, 0.717) is 26.1 Å². The van der Waals surface area contributed by atoms with Gasteiger partial charge in [0.1, 0.15) is 6.61 Å². The van der Waals surface area contributed by atoms with Crippen LogP contribution in [0.1, 0.15) is 36.9 Å². The summed E-state index contributed by atoms with van der Waals surface area (Å²) >= 11 is 1.60. The van der Waals surface area contributed by atoms with Crippen LogP contribution < -0.4 is 0 Å². The van der Waals surface area contributed by atoms with Crippen LogP contribution in [0, 0.1) is 6.92 Å². The summed E-state index contributed by atoms with van der Waals surface area (Å²) in [5, 5.41) is 3.03. The molecule has 0 aromatic carbocycles. The number of piperidine rings is 1. The normalized spacial score (nSPS) is 24.2. The van der Waals surface area contributed by atoms with Gasteiger partial charge in [-0.15, -0.1) is 11.3 Å². The van der Waals surface area contributed by atoms with Crippen molar-refractivity contribution in [1.82, 2.24) is 14.8 Å². The van der Waals surface area contributed by atoms with Gasteiger partial charge in [0.05, 0.1) is 29.3 Å². The van der Waals surface area contributed by atoms with Crippen LogP contribution in [0.2, 0.25) is 0 Å². The highest BCUT2D eigenvalue weighted by molar-refractivity contribution is 7.09. The Bertz CT molecular complexity index is 589. The van der Waals surface area contributed by atoms with Gasteiger partial charge in [-0.1, -0.05) is 0 Å². The first-order chi connectivity index (χ1) is 11.1. The molecule has 2 amide bonds. The zero-order valence-electron chi connectivity index (χ0n) is 13.7. The van der Waals surface area contributed by atoms with Gasteiger partial charge >= 0.3 is 0 Å². The number of hydrogen-bond acceptors (Lipinski definition) is 5. The second-order valence-corrected chi connectivity index (χ2v) is 7.13. The Kier molecular flexibility index (Phi) is 4.96. The summed E-state index contributed by atoms with van der Waals surface area (Å²) in [5.74, 6) is 0.217. The fourth-order valence-electron chi connectivity index (χ4n) is 3.59. The number of aryl methyl sites for hydroxylation is 1. The zero-order chi connectivity index (χ0) is 16.4. The molecule has 23 heavy (non-hydrogen) atoms. The van der Waals surface area contributed by atoms with Crippen molar-refractivity contribution >= 4 is 23.2 Å². The van der Waals surface area contributed by atoms with Gasteiger partial charge in [-0.3, -0.25) is 9.59 Å². The van der Waals surface area contributed by atoms with E-state index in [0.717, 1.165) is 23.5 Å². The van der Waals surface area contributed by atoms with Crippen LogP contribution in [0.15, 0.2) is 5.38 Å². The number of carbonyl (C=O) groups excluding carboxylic acids is 2. The number of aromatic nitrogens is 1. The van der Waals surface area contributed by atoms with Crippen molar-refractivity contribution in [2.45, 2.75) is 51.7 Å². The Balaban J connectivity index is 1.70. The third-order valence-electron chi connectivity index (χ3n) is 4.63. The van der Waals surface area contributed by atoms with E-state index in [-0.39, 0.29) is 30.5 Å². The molecule has 2 saturated heterocycles. The lowest BCUT2D eigenvalue weighted by atomic mass is 9.96. The summed E-state index contributed by atoms with van der Waals surface area (Å²) in [7, 11) is 0. The van der Waals surface area contributed by atoms with Crippen LogP contribution in [0.5, 0.6) is 0 Å². The van der Waals surface area contributed by atoms with Gasteiger partial charge in [-0.25, -0.2) is 4.98 Å². The van der Waals surface area contributed by atoms with Crippen molar-refractivity contribution in [3.8, 4) is 0 Å². The molecule has 0 aliphatic carbocycles. The Morgan fingerprint density at radius 1 is 1.43 bits per heavy atom. The summed E-state index contributed by atoms with van der Waals surface area (Å²) in [5.41, 5.74) is 0.945. The molecule has 1 aromatic heterocycles. The highest BCUT2D eigenvalue weighted by atomic mass is 32.1. The fourth-order valence-corrected chi connectivity index (χ4v) is 4.20. The van der Waals surface area contributed by atoms with E-state index in [1.165, 1.54) is 0 Å². The van der Waals surface area contributed by atoms with Crippen molar-refractivity contribution < 1.29 is 14.3 Å². The topological polar surface area (TPSA) is 62.7 Å². The van der Waals surface area contributed by atoms with Crippen molar-refractivity contribution in [1.29, 1.82) is 0 Å². The second kappa shape index (κ2) is 6.97. The van der Waals surface area contributed by atoms with Crippen LogP contribution in [0.3, 0.4) is 0 Å². The Morgan fingerprint density at radius 2 is 2.26 bits per heavy atom. The van der Waals surface area contributed by atoms with E-state index in [4.69, 9.17) is 4.74 Å². The maximum atomic E-state index is 12.4. The van der Waals surface area contributed by atoms with Crippen molar-refractivity contribution in [3.63, 3.8) is 0 Å². The highest BCUT2D eigenvalue weighted by Crippen LogP contribution is 2.32. The maximum Gasteiger partial charge on any atom is 0.248 e. The van der Waals surface area contributed by atoms with E-state index >= 15 is 0 Å². The fraction of sp³-hybridized carbons (Fsp3) is 0.688. The van der Waals surface area contributed by atoms with Crippen molar-refractivity contribution in [2.24, 2.45) is 0 Å². The molecule has 2 fully saturated rings. The number of hydrogen-bond donors (Lipinski definition) is 0. The molecule has 0 spiro atoms. The van der Waals surface area contributed by atoms with Crippen LogP contribution in [-0.2, 0) is 20.9 Å². The standard InChI is InChI=1S/C16H23N3O3S/c1-3-22-9-16(21)18-7-6-14-13(18)4-5-15(20)19(14)8-12-10-23-11(2)17-12/h10,13-14H,3-9H2,1-2H3/t13-,14-/m1/s1. The number of fused-ring (bicyclic) bond motifs is 1. The molecule has 2 atom stereocenters. The molecule has 1 aromatic rings. The summed E-state index contributed by atoms with van der Waals surface area (Å²) in [6.45, 7) is 5.80. The van der Waals surface area contributed by atoms with Gasteiger partial charge in [-0.05, 0) is 26.7 Å². The molecular weight excluding hydrogens is 314 g/mol. The summed E-state index contributed by atoms with van der Waals surface area (Å²) < 4.78 is 5.25. The molecule has 0 unspecified atom stereocenters. The Morgan fingerprint density at radius 3 is 2.96 bits per heavy atom. The molecule has 0 radical (unpaired) electrons. The van der Waals surface area contributed by atoms with Gasteiger partial charge in [-0.2, -0.15) is 0 Å². The molecule has 2 aliphatic rings. The summed E-state index contributed by atoms with van der Waals surface area (Å²) in [6.07, 6.45) is 2.11. The van der Waals surface area contributed by atoms with E-state index in [1.54, 1.807) is 11.3 Å². The quantitative estimate of drug-likeness (QED) is 0.818. The monoisotopic (exact) mass is 337 g/mol. The third kappa shape index (κ3) is 3.40. The Hall–Kier alpha value is -1.47. The number of nitrogens with zero attached hydrogens (tertiary/aromatic N) is 3. The minimum Gasteiger partial charge on any atom is -0.372 e. The first-order valence-corrected chi connectivity index (χ1v) is 9.05. The van der Waals surface area contributed by atoms with Gasteiger partial charge in [0.2, 0.25) is 11.8 Å². The zero-order valence-corrected chi connectivity index (χ0v) is 14.5. The van der Waals surface area contributed by atoms with Crippen LogP contribution in [-0.4, -0.2) is 58.4 Å². The van der Waals surface area contributed by atoms with Crippen LogP contribution in [0.4, 0.5) is 0 Å². The molecule has 7 heteroatoms. The van der Waals surface area contributed by atoms with Gasteiger partial charge in [0.25, 0.3) is 0 Å². The van der Waals surface area contributed by atoms with Crippen LogP contribution in [0.25, 0.3) is 0 Å². The SMILES string of the molecule is CCOCC(=O)N1CC[C@@H]2[C@H]1CCC(=O)N2Cc1csc(C)n1. The predicted octanol–water partition coefficient (Wildman–Crippen LogP) is 1.58. The largest absolute Gasteiger partial charge is 0.372 e. The van der Waals surface area contributed by atoms with E-state index in [9.17, 15) is 9.59 Å². The average Bonchev–Trinajstić information content (AvgIpc) is 3.14. The molecule has 3 heterocycles. The van der Waals surface area contributed by atoms with E-state index < -0.39 is 0 Å². The molecule has 2 aliphatic heterocycles. The first kappa shape index (κ1) is 16.4. The number of likely N-dealkylation sites (tertiary alicyclic amines) is 2. The van der Waals surface area contributed by atoms with Crippen molar-refractivity contribution in [2.75, 3.05) is 19.8 Å². The molecule has 6 nitrogen and oxygen atoms in total. The lowest BCUT2D eigenvalue weighted by molar-refractivity contribution is -0.144. The second-order valence-electron chi connectivity index (χ2n) is 6.07. The molecular formula is C16H23N3O3S. The van der Waals surface area contributed by atoms with Gasteiger partial charge in [0, 0.05) is 25.0 Å². The number of carbonyl (C=O) groups is 2. The van der Waals surface area contributed by atoms with Gasteiger partial charge < -0.3 is 14.5 Å². The maximum absolute atomic E-state index is 12.4. The lowest BCUT2D eigenvalue weighted by Crippen LogP contribution is -2.53. The lowest BCUT2D eigenvalue weighted by Gasteiger charge is -2.39.